The zero-order chi connectivity index (χ0) is 11.7. The summed E-state index contributed by atoms with van der Waals surface area (Å²) in [6.45, 7) is 1.11. The van der Waals surface area contributed by atoms with Gasteiger partial charge in [-0.15, -0.1) is 0 Å². The highest BCUT2D eigenvalue weighted by molar-refractivity contribution is 5.65. The molecule has 2 N–H and O–H groups in total. The molecule has 2 aromatic rings. The normalized spacial score (nSPS) is 18.1. The molecule has 0 saturated carbocycles. The van der Waals surface area contributed by atoms with Crippen LogP contribution in [0.15, 0.2) is 36.8 Å². The van der Waals surface area contributed by atoms with Gasteiger partial charge in [0.15, 0.2) is 0 Å². The first kappa shape index (κ1) is 10.4. The molecular weight excluding hydrogens is 214 g/mol. The molecule has 0 spiro atoms. The summed E-state index contributed by atoms with van der Waals surface area (Å²) in [6, 6.07) is 6.13. The highest BCUT2D eigenvalue weighted by Gasteiger charge is 2.24. The predicted octanol–water partition coefficient (Wildman–Crippen LogP) is 1.67. The molecule has 1 aromatic heterocycles. The standard InChI is InChI=1S/C13H13N3O/c14-6-13-10-3-1-2-9(11(10)8-17-13)12-7-15-4-5-16-12/h1-5,7,13H,6,8,14H2/t13-/m1/s1. The van der Waals surface area contributed by atoms with Gasteiger partial charge in [0.1, 0.15) is 0 Å². The van der Waals surface area contributed by atoms with Crippen molar-refractivity contribution in [3.8, 4) is 11.3 Å². The molecule has 0 unspecified atom stereocenters. The first-order valence-electron chi connectivity index (χ1n) is 5.60. The SMILES string of the molecule is NC[C@H]1OCc2c(-c3cnccn3)cccc21. The van der Waals surface area contributed by atoms with Gasteiger partial charge in [-0.1, -0.05) is 18.2 Å². The smallest absolute Gasteiger partial charge is 0.0955 e. The van der Waals surface area contributed by atoms with Crippen molar-refractivity contribution >= 4 is 0 Å². The third-order valence-electron chi connectivity index (χ3n) is 3.04. The Morgan fingerprint density at radius 2 is 2.29 bits per heavy atom. The lowest BCUT2D eigenvalue weighted by Gasteiger charge is -2.08. The van der Waals surface area contributed by atoms with E-state index in [0.717, 1.165) is 11.3 Å². The molecular formula is C13H13N3O. The van der Waals surface area contributed by atoms with Crippen LogP contribution in [0.3, 0.4) is 0 Å². The number of benzene rings is 1. The third-order valence-corrected chi connectivity index (χ3v) is 3.04. The van der Waals surface area contributed by atoms with E-state index in [2.05, 4.69) is 16.0 Å². The van der Waals surface area contributed by atoms with Gasteiger partial charge in [0.2, 0.25) is 0 Å². The number of hydrogen-bond acceptors (Lipinski definition) is 4. The number of fused-ring (bicyclic) bond motifs is 1. The van der Waals surface area contributed by atoms with Crippen LogP contribution in [0.2, 0.25) is 0 Å². The zero-order valence-corrected chi connectivity index (χ0v) is 9.34. The first-order chi connectivity index (χ1) is 8.40. The summed E-state index contributed by atoms with van der Waals surface area (Å²) in [6.07, 6.45) is 5.16. The number of nitrogens with zero attached hydrogens (tertiary/aromatic N) is 2. The topological polar surface area (TPSA) is 61.0 Å². The van der Waals surface area contributed by atoms with Gasteiger partial charge in [-0.05, 0) is 11.1 Å². The van der Waals surface area contributed by atoms with Crippen LogP contribution in [-0.4, -0.2) is 16.5 Å². The minimum absolute atomic E-state index is 0.0154. The average molecular weight is 227 g/mol. The van der Waals surface area contributed by atoms with E-state index in [1.165, 1.54) is 11.1 Å². The molecule has 4 nitrogen and oxygen atoms in total. The Morgan fingerprint density at radius 1 is 1.35 bits per heavy atom. The Kier molecular flexibility index (Phi) is 2.59. The first-order valence-corrected chi connectivity index (χ1v) is 5.60. The Bertz CT molecular complexity index is 527. The molecule has 86 valence electrons. The summed E-state index contributed by atoms with van der Waals surface area (Å²) in [5, 5.41) is 0. The summed E-state index contributed by atoms with van der Waals surface area (Å²) in [4.78, 5) is 8.43. The lowest BCUT2D eigenvalue weighted by molar-refractivity contribution is 0.0724. The summed E-state index contributed by atoms with van der Waals surface area (Å²) in [7, 11) is 0. The van der Waals surface area contributed by atoms with E-state index in [1.54, 1.807) is 18.6 Å². The highest BCUT2D eigenvalue weighted by atomic mass is 16.5. The van der Waals surface area contributed by atoms with E-state index in [-0.39, 0.29) is 6.10 Å². The molecule has 3 rings (SSSR count). The molecule has 17 heavy (non-hydrogen) atoms. The maximum absolute atomic E-state index is 5.68. The van der Waals surface area contributed by atoms with E-state index in [1.807, 2.05) is 12.1 Å². The number of nitrogens with two attached hydrogens (primary N) is 1. The molecule has 1 aromatic carbocycles. The van der Waals surface area contributed by atoms with Crippen LogP contribution in [0, 0.1) is 0 Å². The van der Waals surface area contributed by atoms with Gasteiger partial charge in [0.25, 0.3) is 0 Å². The Balaban J connectivity index is 2.12. The number of aromatic nitrogens is 2. The fraction of sp³-hybridized carbons (Fsp3) is 0.231. The van der Waals surface area contributed by atoms with Crippen LogP contribution in [-0.2, 0) is 11.3 Å². The second-order valence-corrected chi connectivity index (χ2v) is 4.00. The molecule has 0 amide bonds. The van der Waals surface area contributed by atoms with Gasteiger partial charge in [-0.25, -0.2) is 0 Å². The minimum atomic E-state index is 0.0154. The zero-order valence-electron chi connectivity index (χ0n) is 9.34. The molecule has 0 bridgehead atoms. The molecule has 0 saturated heterocycles. The number of ether oxygens (including phenoxy) is 1. The van der Waals surface area contributed by atoms with E-state index in [9.17, 15) is 0 Å². The van der Waals surface area contributed by atoms with E-state index >= 15 is 0 Å². The summed E-state index contributed by atoms with van der Waals surface area (Å²) >= 11 is 0. The van der Waals surface area contributed by atoms with E-state index in [0.29, 0.717) is 13.2 Å². The second-order valence-electron chi connectivity index (χ2n) is 4.00. The van der Waals surface area contributed by atoms with E-state index < -0.39 is 0 Å². The van der Waals surface area contributed by atoms with Gasteiger partial charge < -0.3 is 10.5 Å². The Labute approximate surface area is 99.5 Å². The molecule has 0 radical (unpaired) electrons. The van der Waals surface area contributed by atoms with Crippen molar-refractivity contribution in [2.24, 2.45) is 5.73 Å². The predicted molar refractivity (Wildman–Crippen MR) is 64.1 cm³/mol. The van der Waals surface area contributed by atoms with Crippen LogP contribution in [0.25, 0.3) is 11.3 Å². The molecule has 4 heteroatoms. The van der Waals surface area contributed by atoms with Crippen molar-refractivity contribution < 1.29 is 4.74 Å². The average Bonchev–Trinajstić information content (AvgIpc) is 2.82. The largest absolute Gasteiger partial charge is 0.367 e. The Morgan fingerprint density at radius 3 is 3.06 bits per heavy atom. The second kappa shape index (κ2) is 4.24. The number of rotatable bonds is 2. The summed E-state index contributed by atoms with van der Waals surface area (Å²) in [5.74, 6) is 0. The van der Waals surface area contributed by atoms with Crippen molar-refractivity contribution in [1.82, 2.24) is 9.97 Å². The van der Waals surface area contributed by atoms with E-state index in [4.69, 9.17) is 10.5 Å². The fourth-order valence-electron chi connectivity index (χ4n) is 2.21. The lowest BCUT2D eigenvalue weighted by Crippen LogP contribution is -2.10. The van der Waals surface area contributed by atoms with Crippen LogP contribution in [0.1, 0.15) is 17.2 Å². The molecule has 1 atom stereocenters. The molecule has 0 fully saturated rings. The minimum Gasteiger partial charge on any atom is -0.367 e. The van der Waals surface area contributed by atoms with Gasteiger partial charge in [-0.3, -0.25) is 9.97 Å². The van der Waals surface area contributed by atoms with Crippen molar-refractivity contribution in [3.05, 3.63) is 47.9 Å². The van der Waals surface area contributed by atoms with Crippen LogP contribution in [0.5, 0.6) is 0 Å². The van der Waals surface area contributed by atoms with Crippen molar-refractivity contribution in [1.29, 1.82) is 0 Å². The number of hydrogen-bond donors (Lipinski definition) is 1. The fourth-order valence-corrected chi connectivity index (χ4v) is 2.21. The quantitative estimate of drug-likeness (QED) is 0.847. The third kappa shape index (κ3) is 1.71. The lowest BCUT2D eigenvalue weighted by atomic mass is 9.98. The van der Waals surface area contributed by atoms with Gasteiger partial charge in [0, 0.05) is 24.5 Å². The summed E-state index contributed by atoms with van der Waals surface area (Å²) in [5.41, 5.74) is 10.0. The molecule has 2 heterocycles. The van der Waals surface area contributed by atoms with Crippen LogP contribution < -0.4 is 5.73 Å². The molecule has 1 aliphatic heterocycles. The maximum Gasteiger partial charge on any atom is 0.0955 e. The van der Waals surface area contributed by atoms with Crippen LogP contribution >= 0.6 is 0 Å². The molecule has 0 aliphatic carbocycles. The van der Waals surface area contributed by atoms with Crippen LogP contribution in [0.4, 0.5) is 0 Å². The van der Waals surface area contributed by atoms with Crippen molar-refractivity contribution in [2.75, 3.05) is 6.54 Å². The van der Waals surface area contributed by atoms with Gasteiger partial charge in [0.05, 0.1) is 24.6 Å². The van der Waals surface area contributed by atoms with Crippen molar-refractivity contribution in [2.45, 2.75) is 12.7 Å². The highest BCUT2D eigenvalue weighted by Crippen LogP contribution is 2.35. The molecule has 1 aliphatic rings. The van der Waals surface area contributed by atoms with Gasteiger partial charge in [-0.2, -0.15) is 0 Å². The Hall–Kier alpha value is -1.78. The monoisotopic (exact) mass is 227 g/mol. The maximum atomic E-state index is 5.68. The van der Waals surface area contributed by atoms with Crippen molar-refractivity contribution in [3.63, 3.8) is 0 Å². The van der Waals surface area contributed by atoms with Gasteiger partial charge >= 0.3 is 0 Å². The summed E-state index contributed by atoms with van der Waals surface area (Å²) < 4.78 is 5.66.